The standard InChI is InChI=1S/C29H37N3OS/c1-24(2)28(34-23-27-12-7-4-8-13-27)22-32(21-17-25-10-5-3-6-11-25)29(33)31-18-9-14-26-15-19-30-20-16-26/h3-8,10-13,15-16,19-20,24,28H,9,14,17-18,21-23H2,1-2H3,(H,31,33). The molecule has 3 aromatic rings. The van der Waals surface area contributed by atoms with E-state index < -0.39 is 0 Å². The molecule has 1 heterocycles. The van der Waals surface area contributed by atoms with Crippen LogP contribution in [0.4, 0.5) is 4.79 Å². The van der Waals surface area contributed by atoms with Gasteiger partial charge < -0.3 is 10.2 Å². The van der Waals surface area contributed by atoms with E-state index in [0.717, 1.165) is 38.1 Å². The van der Waals surface area contributed by atoms with Crippen LogP contribution in [0.2, 0.25) is 0 Å². The number of rotatable bonds is 13. The molecule has 4 nitrogen and oxygen atoms in total. The van der Waals surface area contributed by atoms with Crippen LogP contribution in [0.15, 0.2) is 85.2 Å². The van der Waals surface area contributed by atoms with Crippen molar-refractivity contribution in [2.75, 3.05) is 19.6 Å². The van der Waals surface area contributed by atoms with Crippen molar-refractivity contribution in [2.45, 2.75) is 44.1 Å². The average Bonchev–Trinajstić information content (AvgIpc) is 2.87. The van der Waals surface area contributed by atoms with Crippen LogP contribution in [0.25, 0.3) is 0 Å². The van der Waals surface area contributed by atoms with E-state index in [1.165, 1.54) is 16.7 Å². The van der Waals surface area contributed by atoms with Gasteiger partial charge in [-0.1, -0.05) is 74.5 Å². The number of hydrogen-bond acceptors (Lipinski definition) is 3. The van der Waals surface area contributed by atoms with Gasteiger partial charge in [0.2, 0.25) is 0 Å². The van der Waals surface area contributed by atoms with E-state index in [9.17, 15) is 4.79 Å². The molecule has 5 heteroatoms. The minimum Gasteiger partial charge on any atom is -0.338 e. The van der Waals surface area contributed by atoms with Crippen LogP contribution in [-0.2, 0) is 18.6 Å². The molecule has 3 rings (SSSR count). The van der Waals surface area contributed by atoms with Gasteiger partial charge in [0, 0.05) is 43.0 Å². The molecule has 1 aromatic heterocycles. The van der Waals surface area contributed by atoms with Crippen molar-refractivity contribution >= 4 is 17.8 Å². The minimum absolute atomic E-state index is 0.0385. The first-order valence-electron chi connectivity index (χ1n) is 12.2. The summed E-state index contributed by atoms with van der Waals surface area (Å²) in [6.45, 7) is 6.65. The third-order valence-corrected chi connectivity index (χ3v) is 7.54. The summed E-state index contributed by atoms with van der Waals surface area (Å²) in [7, 11) is 0. The van der Waals surface area contributed by atoms with Gasteiger partial charge in [-0.3, -0.25) is 4.98 Å². The molecule has 34 heavy (non-hydrogen) atoms. The molecular weight excluding hydrogens is 438 g/mol. The Bertz CT molecular complexity index is 951. The van der Waals surface area contributed by atoms with E-state index in [1.54, 1.807) is 0 Å². The van der Waals surface area contributed by atoms with Crippen molar-refractivity contribution in [2.24, 2.45) is 5.92 Å². The maximum absolute atomic E-state index is 13.2. The fraction of sp³-hybridized carbons (Fsp3) is 0.379. The topological polar surface area (TPSA) is 45.2 Å². The SMILES string of the molecule is CC(C)C(CN(CCc1ccccc1)C(=O)NCCCc1ccncc1)SCc1ccccc1. The number of aryl methyl sites for hydroxylation is 1. The maximum Gasteiger partial charge on any atom is 0.317 e. The van der Waals surface area contributed by atoms with Crippen LogP contribution in [0.3, 0.4) is 0 Å². The van der Waals surface area contributed by atoms with Crippen LogP contribution in [0.5, 0.6) is 0 Å². The summed E-state index contributed by atoms with van der Waals surface area (Å²) < 4.78 is 0. The zero-order chi connectivity index (χ0) is 24.0. The van der Waals surface area contributed by atoms with Crippen molar-refractivity contribution in [3.63, 3.8) is 0 Å². The zero-order valence-corrected chi connectivity index (χ0v) is 21.2. The van der Waals surface area contributed by atoms with Crippen LogP contribution in [0.1, 0.15) is 37.0 Å². The molecule has 0 saturated heterocycles. The van der Waals surface area contributed by atoms with Gasteiger partial charge >= 0.3 is 6.03 Å². The maximum atomic E-state index is 13.2. The second kappa shape index (κ2) is 14.5. The number of carbonyl (C=O) groups is 1. The van der Waals surface area contributed by atoms with E-state index >= 15 is 0 Å². The van der Waals surface area contributed by atoms with Crippen molar-refractivity contribution in [1.82, 2.24) is 15.2 Å². The van der Waals surface area contributed by atoms with Crippen molar-refractivity contribution in [3.8, 4) is 0 Å². The number of hydrogen-bond donors (Lipinski definition) is 1. The molecule has 2 aromatic carbocycles. The summed E-state index contributed by atoms with van der Waals surface area (Å²) in [5.41, 5.74) is 3.84. The molecule has 0 aliphatic heterocycles. The molecule has 2 amide bonds. The lowest BCUT2D eigenvalue weighted by Gasteiger charge is -2.30. The highest BCUT2D eigenvalue weighted by Gasteiger charge is 2.22. The zero-order valence-electron chi connectivity index (χ0n) is 20.4. The Hall–Kier alpha value is -2.79. The number of amides is 2. The lowest BCUT2D eigenvalue weighted by molar-refractivity contribution is 0.196. The van der Waals surface area contributed by atoms with Crippen molar-refractivity contribution in [1.29, 1.82) is 0 Å². The van der Waals surface area contributed by atoms with Gasteiger partial charge in [-0.15, -0.1) is 0 Å². The third-order valence-electron chi connectivity index (χ3n) is 5.92. The molecule has 0 fully saturated rings. The Morgan fingerprint density at radius 2 is 1.50 bits per heavy atom. The molecule has 180 valence electrons. The molecule has 0 spiro atoms. The van der Waals surface area contributed by atoms with E-state index in [4.69, 9.17) is 0 Å². The number of nitrogens with zero attached hydrogens (tertiary/aromatic N) is 2. The second-order valence-electron chi connectivity index (χ2n) is 8.95. The van der Waals surface area contributed by atoms with Crippen LogP contribution in [0, 0.1) is 5.92 Å². The second-order valence-corrected chi connectivity index (χ2v) is 10.2. The highest BCUT2D eigenvalue weighted by Crippen LogP contribution is 2.25. The first-order valence-corrected chi connectivity index (χ1v) is 13.3. The van der Waals surface area contributed by atoms with Crippen molar-refractivity contribution < 1.29 is 4.79 Å². The van der Waals surface area contributed by atoms with Gasteiger partial charge in [0.25, 0.3) is 0 Å². The largest absolute Gasteiger partial charge is 0.338 e. The van der Waals surface area contributed by atoms with E-state index in [0.29, 0.717) is 17.7 Å². The summed E-state index contributed by atoms with van der Waals surface area (Å²) >= 11 is 1.95. The number of benzene rings is 2. The number of pyridine rings is 1. The Morgan fingerprint density at radius 1 is 0.882 bits per heavy atom. The number of carbonyl (C=O) groups excluding carboxylic acids is 1. The van der Waals surface area contributed by atoms with Crippen LogP contribution < -0.4 is 5.32 Å². The molecule has 0 aliphatic rings. The molecular formula is C29H37N3OS. The molecule has 0 bridgehead atoms. The Balaban J connectivity index is 1.57. The monoisotopic (exact) mass is 475 g/mol. The molecule has 1 atom stereocenters. The van der Waals surface area contributed by atoms with Crippen LogP contribution >= 0.6 is 11.8 Å². The van der Waals surface area contributed by atoms with Gasteiger partial charge in [0.05, 0.1) is 0 Å². The van der Waals surface area contributed by atoms with Crippen LogP contribution in [-0.4, -0.2) is 40.8 Å². The summed E-state index contributed by atoms with van der Waals surface area (Å²) in [5.74, 6) is 1.44. The summed E-state index contributed by atoms with van der Waals surface area (Å²) in [4.78, 5) is 19.3. The van der Waals surface area contributed by atoms with E-state index in [-0.39, 0.29) is 6.03 Å². The smallest absolute Gasteiger partial charge is 0.317 e. The highest BCUT2D eigenvalue weighted by molar-refractivity contribution is 7.99. The fourth-order valence-corrected chi connectivity index (χ4v) is 5.05. The Morgan fingerprint density at radius 3 is 2.15 bits per heavy atom. The summed E-state index contributed by atoms with van der Waals surface area (Å²) in [6, 6.07) is 25.1. The van der Waals surface area contributed by atoms with E-state index in [1.807, 2.05) is 47.3 Å². The fourth-order valence-electron chi connectivity index (χ4n) is 3.78. The minimum atomic E-state index is 0.0385. The first-order chi connectivity index (χ1) is 16.6. The summed E-state index contributed by atoms with van der Waals surface area (Å²) in [5, 5.41) is 3.54. The van der Waals surface area contributed by atoms with Gasteiger partial charge in [0.15, 0.2) is 0 Å². The normalized spacial score (nSPS) is 11.9. The Labute approximate surface area is 209 Å². The highest BCUT2D eigenvalue weighted by atomic mass is 32.2. The predicted molar refractivity (Wildman–Crippen MR) is 144 cm³/mol. The molecule has 1 unspecified atom stereocenters. The first kappa shape index (κ1) is 25.8. The van der Waals surface area contributed by atoms with Gasteiger partial charge in [0.1, 0.15) is 0 Å². The molecule has 0 aliphatic carbocycles. The number of nitrogens with one attached hydrogen (secondary N) is 1. The third kappa shape index (κ3) is 9.22. The quantitative estimate of drug-likeness (QED) is 0.298. The van der Waals surface area contributed by atoms with Crippen molar-refractivity contribution in [3.05, 3.63) is 102 Å². The van der Waals surface area contributed by atoms with E-state index in [2.05, 4.69) is 78.7 Å². The lowest BCUT2D eigenvalue weighted by Crippen LogP contribution is -2.45. The van der Waals surface area contributed by atoms with Gasteiger partial charge in [-0.05, 0) is 54.0 Å². The number of thioether (sulfide) groups is 1. The predicted octanol–water partition coefficient (Wildman–Crippen LogP) is 6.23. The Kier molecular flexibility index (Phi) is 11.0. The number of urea groups is 1. The molecule has 0 radical (unpaired) electrons. The van der Waals surface area contributed by atoms with Gasteiger partial charge in [-0.25, -0.2) is 4.79 Å². The molecule has 0 saturated carbocycles. The number of aromatic nitrogens is 1. The molecule has 1 N–H and O–H groups in total. The lowest BCUT2D eigenvalue weighted by atomic mass is 10.1. The summed E-state index contributed by atoms with van der Waals surface area (Å²) in [6.07, 6.45) is 6.35. The van der Waals surface area contributed by atoms with Gasteiger partial charge in [-0.2, -0.15) is 11.8 Å². The average molecular weight is 476 g/mol.